The number of hydrogen-bond acceptors (Lipinski definition) is 4. The zero-order valence-corrected chi connectivity index (χ0v) is 12.7. The molecule has 0 aliphatic heterocycles. The predicted octanol–water partition coefficient (Wildman–Crippen LogP) is 1.97. The number of hydrogen-bond donors (Lipinski definition) is 2. The molecule has 1 aromatic carbocycles. The van der Waals surface area contributed by atoms with Crippen molar-refractivity contribution in [3.63, 3.8) is 0 Å². The van der Waals surface area contributed by atoms with E-state index in [9.17, 15) is 4.79 Å². The third-order valence-electron chi connectivity index (χ3n) is 3.90. The summed E-state index contributed by atoms with van der Waals surface area (Å²) in [5, 5.41) is 11.4. The van der Waals surface area contributed by atoms with E-state index in [1.54, 1.807) is 6.20 Å². The number of primary amides is 1. The van der Waals surface area contributed by atoms with Crippen LogP contribution in [0.15, 0.2) is 55.0 Å². The molecule has 0 fully saturated rings. The van der Waals surface area contributed by atoms with Crippen LogP contribution in [0.2, 0.25) is 0 Å². The molecular weight excluding hydrogens is 304 g/mol. The minimum Gasteiger partial charge on any atom is -0.364 e. The van der Waals surface area contributed by atoms with E-state index in [1.807, 2.05) is 48.8 Å². The van der Waals surface area contributed by atoms with Gasteiger partial charge in [0.2, 0.25) is 0 Å². The average Bonchev–Trinajstić information content (AvgIpc) is 3.23. The summed E-state index contributed by atoms with van der Waals surface area (Å²) in [4.78, 5) is 15.6. The molecule has 118 valence electrons. The Morgan fingerprint density at radius 2 is 2.12 bits per heavy atom. The zero-order chi connectivity index (χ0) is 16.5. The molecule has 0 unspecified atom stereocenters. The van der Waals surface area contributed by atoms with E-state index in [1.165, 1.54) is 0 Å². The second kappa shape index (κ2) is 5.62. The highest BCUT2D eigenvalue weighted by atomic mass is 16.1. The molecule has 3 aromatic heterocycles. The van der Waals surface area contributed by atoms with E-state index in [-0.39, 0.29) is 5.69 Å². The van der Waals surface area contributed by atoms with Gasteiger partial charge in [-0.3, -0.25) is 9.78 Å². The van der Waals surface area contributed by atoms with Crippen LogP contribution < -0.4 is 5.73 Å². The summed E-state index contributed by atoms with van der Waals surface area (Å²) < 4.78 is 2.12. The van der Waals surface area contributed by atoms with Crippen molar-refractivity contribution in [1.29, 1.82) is 0 Å². The van der Waals surface area contributed by atoms with Crippen LogP contribution in [0.1, 0.15) is 16.1 Å². The molecule has 0 spiro atoms. The lowest BCUT2D eigenvalue weighted by Crippen LogP contribution is -2.12. The molecule has 7 heteroatoms. The molecule has 24 heavy (non-hydrogen) atoms. The molecule has 4 aromatic rings. The predicted molar refractivity (Wildman–Crippen MR) is 89.2 cm³/mol. The van der Waals surface area contributed by atoms with E-state index >= 15 is 0 Å². The van der Waals surface area contributed by atoms with Gasteiger partial charge in [0, 0.05) is 36.2 Å². The van der Waals surface area contributed by atoms with Gasteiger partial charge in [0.05, 0.1) is 0 Å². The van der Waals surface area contributed by atoms with Gasteiger partial charge in [-0.2, -0.15) is 15.4 Å². The fourth-order valence-electron chi connectivity index (χ4n) is 2.76. The second-order valence-corrected chi connectivity index (χ2v) is 5.46. The second-order valence-electron chi connectivity index (χ2n) is 5.46. The molecule has 0 atom stereocenters. The molecule has 0 saturated carbocycles. The summed E-state index contributed by atoms with van der Waals surface area (Å²) >= 11 is 0. The molecule has 0 radical (unpaired) electrons. The van der Waals surface area contributed by atoms with Crippen LogP contribution >= 0.6 is 0 Å². The molecule has 1 amide bonds. The summed E-state index contributed by atoms with van der Waals surface area (Å²) in [7, 11) is 0. The Hall–Kier alpha value is -3.48. The molecule has 3 N–H and O–H groups in total. The first-order chi connectivity index (χ1) is 11.7. The van der Waals surface area contributed by atoms with Crippen LogP contribution in [-0.4, -0.2) is 30.9 Å². The first-order valence-electron chi connectivity index (χ1n) is 7.41. The molecule has 0 bridgehead atoms. The monoisotopic (exact) mass is 318 g/mol. The van der Waals surface area contributed by atoms with Crippen molar-refractivity contribution in [3.8, 4) is 11.3 Å². The summed E-state index contributed by atoms with van der Waals surface area (Å²) in [5.74, 6) is -0.607. The third kappa shape index (κ3) is 2.41. The highest BCUT2D eigenvalue weighted by molar-refractivity contribution is 5.97. The lowest BCUT2D eigenvalue weighted by atomic mass is 10.1. The Morgan fingerprint density at radius 1 is 1.21 bits per heavy atom. The Labute approximate surface area is 137 Å². The Bertz CT molecular complexity index is 1020. The van der Waals surface area contributed by atoms with Gasteiger partial charge in [-0.05, 0) is 29.1 Å². The summed E-state index contributed by atoms with van der Waals surface area (Å²) in [6, 6.07) is 11.9. The van der Waals surface area contributed by atoms with Gasteiger partial charge in [-0.1, -0.05) is 18.2 Å². The maximum absolute atomic E-state index is 11.5. The van der Waals surface area contributed by atoms with E-state index in [2.05, 4.69) is 25.0 Å². The number of carbonyl (C=O) groups is 1. The third-order valence-corrected chi connectivity index (χ3v) is 3.90. The fourth-order valence-corrected chi connectivity index (χ4v) is 2.76. The number of fused-ring (bicyclic) bond motifs is 1. The lowest BCUT2D eigenvalue weighted by Gasteiger charge is -2.06. The number of aromatic amines is 1. The first kappa shape index (κ1) is 14.1. The highest BCUT2D eigenvalue weighted by Crippen LogP contribution is 2.25. The Kier molecular flexibility index (Phi) is 3.31. The SMILES string of the molecule is NC(=O)c1n[nH]nc1-c1ccc2ccn(Cc3cccnc3)c2c1. The number of pyridine rings is 1. The highest BCUT2D eigenvalue weighted by Gasteiger charge is 2.16. The van der Waals surface area contributed by atoms with Crippen molar-refractivity contribution in [2.75, 3.05) is 0 Å². The van der Waals surface area contributed by atoms with Crippen molar-refractivity contribution in [1.82, 2.24) is 25.0 Å². The maximum atomic E-state index is 11.5. The molecule has 0 aliphatic carbocycles. The molecule has 0 saturated heterocycles. The van der Waals surface area contributed by atoms with Crippen LogP contribution in [0.25, 0.3) is 22.2 Å². The number of H-pyrrole nitrogens is 1. The van der Waals surface area contributed by atoms with Crippen molar-refractivity contribution < 1.29 is 4.79 Å². The quantitative estimate of drug-likeness (QED) is 0.600. The van der Waals surface area contributed by atoms with E-state index < -0.39 is 5.91 Å². The smallest absolute Gasteiger partial charge is 0.271 e. The standard InChI is InChI=1S/C17H14N6O/c18-17(24)16-15(20-22-21-16)13-4-3-12-5-7-23(14(12)8-13)10-11-2-1-6-19-9-11/h1-9H,10H2,(H2,18,24)(H,20,21,22). The minimum absolute atomic E-state index is 0.139. The normalized spacial score (nSPS) is 11.0. The van der Waals surface area contributed by atoms with Gasteiger partial charge < -0.3 is 10.3 Å². The van der Waals surface area contributed by atoms with Gasteiger partial charge >= 0.3 is 0 Å². The van der Waals surface area contributed by atoms with E-state index in [4.69, 9.17) is 5.73 Å². The number of nitrogens with zero attached hydrogens (tertiary/aromatic N) is 4. The average molecular weight is 318 g/mol. The number of benzene rings is 1. The summed E-state index contributed by atoms with van der Waals surface area (Å²) in [5.41, 5.74) is 8.88. The Balaban J connectivity index is 1.78. The van der Waals surface area contributed by atoms with Crippen LogP contribution in [0.4, 0.5) is 0 Å². The number of nitrogens with one attached hydrogen (secondary N) is 1. The van der Waals surface area contributed by atoms with Crippen LogP contribution in [0.3, 0.4) is 0 Å². The van der Waals surface area contributed by atoms with Crippen LogP contribution in [0, 0.1) is 0 Å². The zero-order valence-electron chi connectivity index (χ0n) is 12.7. The fraction of sp³-hybridized carbons (Fsp3) is 0.0588. The van der Waals surface area contributed by atoms with E-state index in [0.717, 1.165) is 22.0 Å². The van der Waals surface area contributed by atoms with Gasteiger partial charge in [0.1, 0.15) is 5.69 Å². The van der Waals surface area contributed by atoms with Crippen LogP contribution in [0.5, 0.6) is 0 Å². The van der Waals surface area contributed by atoms with Gasteiger partial charge in [0.15, 0.2) is 5.69 Å². The first-order valence-corrected chi connectivity index (χ1v) is 7.41. The number of carbonyl (C=O) groups excluding carboxylic acids is 1. The van der Waals surface area contributed by atoms with Gasteiger partial charge in [0.25, 0.3) is 5.91 Å². The topological polar surface area (TPSA) is 102 Å². The largest absolute Gasteiger partial charge is 0.364 e. The van der Waals surface area contributed by atoms with Crippen molar-refractivity contribution in [3.05, 3.63) is 66.2 Å². The Morgan fingerprint density at radius 3 is 2.92 bits per heavy atom. The molecular formula is C17H14N6O. The number of amides is 1. The molecule has 4 rings (SSSR count). The summed E-state index contributed by atoms with van der Waals surface area (Å²) in [6.07, 6.45) is 5.63. The number of rotatable bonds is 4. The maximum Gasteiger partial charge on any atom is 0.271 e. The molecule has 3 heterocycles. The summed E-state index contributed by atoms with van der Waals surface area (Å²) in [6.45, 7) is 0.711. The minimum atomic E-state index is -0.607. The van der Waals surface area contributed by atoms with Crippen molar-refractivity contribution >= 4 is 16.8 Å². The lowest BCUT2D eigenvalue weighted by molar-refractivity contribution is 0.0996. The van der Waals surface area contributed by atoms with E-state index in [0.29, 0.717) is 12.2 Å². The number of aromatic nitrogens is 5. The van der Waals surface area contributed by atoms with Gasteiger partial charge in [-0.25, -0.2) is 0 Å². The molecule has 7 nitrogen and oxygen atoms in total. The molecule has 0 aliphatic rings. The number of nitrogens with two attached hydrogens (primary N) is 1. The van der Waals surface area contributed by atoms with Crippen molar-refractivity contribution in [2.24, 2.45) is 5.73 Å². The van der Waals surface area contributed by atoms with Crippen LogP contribution in [-0.2, 0) is 6.54 Å². The van der Waals surface area contributed by atoms with Crippen molar-refractivity contribution in [2.45, 2.75) is 6.54 Å². The van der Waals surface area contributed by atoms with Gasteiger partial charge in [-0.15, -0.1) is 0 Å².